The third-order valence-corrected chi connectivity index (χ3v) is 12.8. The van der Waals surface area contributed by atoms with Crippen LogP contribution in [0, 0.1) is 20.8 Å². The van der Waals surface area contributed by atoms with E-state index in [1.807, 2.05) is 11.3 Å². The van der Waals surface area contributed by atoms with Crippen molar-refractivity contribution in [3.63, 3.8) is 0 Å². The van der Waals surface area contributed by atoms with Crippen LogP contribution in [0.3, 0.4) is 0 Å². The molecule has 0 saturated heterocycles. The van der Waals surface area contributed by atoms with Gasteiger partial charge in [0.1, 0.15) is 0 Å². The van der Waals surface area contributed by atoms with E-state index in [0.717, 1.165) is 11.8 Å². The second-order valence-electron chi connectivity index (χ2n) is 13.5. The number of aryl methyl sites for hydroxylation is 5. The van der Waals surface area contributed by atoms with Gasteiger partial charge >= 0.3 is 0 Å². The lowest BCUT2D eigenvalue weighted by Gasteiger charge is -2.23. The van der Waals surface area contributed by atoms with E-state index in [9.17, 15) is 0 Å². The van der Waals surface area contributed by atoms with E-state index in [1.54, 1.807) is 22.5 Å². The average Bonchev–Trinajstić information content (AvgIpc) is 3.88. The molecule has 0 N–H and O–H groups in total. The zero-order valence-electron chi connectivity index (χ0n) is 28.2. The van der Waals surface area contributed by atoms with Crippen molar-refractivity contribution in [2.45, 2.75) is 96.8 Å². The summed E-state index contributed by atoms with van der Waals surface area (Å²) < 4.78 is 6.01. The van der Waals surface area contributed by atoms with Crippen LogP contribution in [-0.2, 0) is 14.1 Å². The van der Waals surface area contributed by atoms with Crippen molar-refractivity contribution in [2.75, 3.05) is 0 Å². The monoisotopic (exact) mass is 712 g/mol. The Hall–Kier alpha value is -2.60. The maximum Gasteiger partial charge on any atom is 0.0890 e. The van der Waals surface area contributed by atoms with E-state index < -0.39 is 0 Å². The summed E-state index contributed by atoms with van der Waals surface area (Å²) in [5, 5.41) is 7.20. The molecule has 2 aliphatic rings. The highest BCUT2D eigenvalue weighted by atomic mass is 79.9. The molecule has 0 amide bonds. The van der Waals surface area contributed by atoms with Gasteiger partial charge in [-0.15, -0.1) is 22.7 Å². The number of halogens is 1. The molecule has 46 heavy (non-hydrogen) atoms. The van der Waals surface area contributed by atoms with E-state index in [-0.39, 0.29) is 0 Å². The molecule has 0 unspecified atom stereocenters. The van der Waals surface area contributed by atoms with Crippen LogP contribution < -0.4 is 0 Å². The summed E-state index contributed by atoms with van der Waals surface area (Å²) >= 11 is 7.46. The molecule has 2 aromatic carbocycles. The molecule has 4 aromatic heterocycles. The molecule has 2 nitrogen and oxygen atoms in total. The van der Waals surface area contributed by atoms with Gasteiger partial charge in [0.2, 0.25) is 0 Å². The first-order valence-corrected chi connectivity index (χ1v) is 19.8. The SMILES string of the molecule is Cc1ccc2c(C3CCCCC3)c(-c3cccs3)n(C)c2c1.Cc1ccc2c(C3CCCCC3)c(Br)n(C)c2c1.Cc1cccs1. The number of nitrogens with zero attached hydrogens (tertiary/aromatic N) is 2. The Morgan fingerprint density at radius 1 is 0.609 bits per heavy atom. The lowest BCUT2D eigenvalue weighted by molar-refractivity contribution is 0.444. The maximum atomic E-state index is 3.82. The number of hydrogen-bond donors (Lipinski definition) is 0. The van der Waals surface area contributed by atoms with Crippen molar-refractivity contribution >= 4 is 60.4 Å². The van der Waals surface area contributed by atoms with Crippen LogP contribution in [0.1, 0.15) is 103 Å². The molecular weight excluding hydrogens is 665 g/mol. The minimum Gasteiger partial charge on any atom is -0.343 e. The van der Waals surface area contributed by atoms with E-state index in [4.69, 9.17) is 0 Å². The molecule has 0 radical (unpaired) electrons. The summed E-state index contributed by atoms with van der Waals surface area (Å²) in [6.45, 7) is 6.46. The average molecular weight is 714 g/mol. The Labute approximate surface area is 292 Å². The Morgan fingerprint density at radius 2 is 1.13 bits per heavy atom. The van der Waals surface area contributed by atoms with Crippen LogP contribution in [-0.4, -0.2) is 9.13 Å². The van der Waals surface area contributed by atoms with Crippen molar-refractivity contribution in [1.29, 1.82) is 0 Å². The summed E-state index contributed by atoms with van der Waals surface area (Å²) in [5.41, 5.74) is 10.1. The molecule has 0 bridgehead atoms. The minimum absolute atomic E-state index is 0.734. The molecule has 0 aliphatic heterocycles. The highest BCUT2D eigenvalue weighted by Gasteiger charge is 2.26. The summed E-state index contributed by atoms with van der Waals surface area (Å²) in [7, 11) is 4.40. The van der Waals surface area contributed by atoms with Crippen LogP contribution >= 0.6 is 38.6 Å². The molecule has 5 heteroatoms. The third-order valence-electron chi connectivity index (χ3n) is 10.2. The first-order valence-electron chi connectivity index (χ1n) is 17.2. The van der Waals surface area contributed by atoms with E-state index in [1.165, 1.54) is 117 Å². The topological polar surface area (TPSA) is 9.86 Å². The third kappa shape index (κ3) is 7.12. The Bertz CT molecular complexity index is 1860. The minimum atomic E-state index is 0.734. The fraction of sp³-hybridized carbons (Fsp3) is 0.415. The predicted molar refractivity (Wildman–Crippen MR) is 207 cm³/mol. The van der Waals surface area contributed by atoms with Gasteiger partial charge in [-0.05, 0) is 131 Å². The largest absolute Gasteiger partial charge is 0.343 e. The highest BCUT2D eigenvalue weighted by Crippen LogP contribution is 2.45. The van der Waals surface area contributed by atoms with E-state index in [0.29, 0.717) is 0 Å². The molecule has 2 saturated carbocycles. The first kappa shape index (κ1) is 33.3. The standard InChI is InChI=1S/C20H23NS.C16H20BrN.C5H6S/c1-14-10-11-16-17(13-14)21(2)20(18-9-6-12-22-18)19(16)15-7-4-3-5-8-15;1-11-8-9-13-14(10-11)18(2)16(17)15(13)12-6-4-3-5-7-12;1-5-3-2-4-6-5/h6,9-13,15H,3-5,7-8H2,1-2H3;8-10,12H,3-7H2,1-2H3;2-4H,1H3. The van der Waals surface area contributed by atoms with Crippen molar-refractivity contribution < 1.29 is 0 Å². The Kier molecular flexibility index (Phi) is 10.9. The van der Waals surface area contributed by atoms with Crippen molar-refractivity contribution in [3.8, 4) is 10.6 Å². The lowest BCUT2D eigenvalue weighted by atomic mass is 9.82. The van der Waals surface area contributed by atoms with Crippen molar-refractivity contribution in [3.05, 3.63) is 103 Å². The van der Waals surface area contributed by atoms with Gasteiger partial charge in [-0.2, -0.15) is 0 Å². The molecule has 6 aromatic rings. The summed E-state index contributed by atoms with van der Waals surface area (Å²) in [6, 6.07) is 22.4. The van der Waals surface area contributed by atoms with Crippen LogP contribution in [0.4, 0.5) is 0 Å². The molecule has 4 heterocycles. The molecule has 0 spiro atoms. The normalized spacial score (nSPS) is 15.9. The molecule has 242 valence electrons. The Balaban J connectivity index is 0.000000139. The lowest BCUT2D eigenvalue weighted by Crippen LogP contribution is -2.05. The number of benzene rings is 2. The highest BCUT2D eigenvalue weighted by molar-refractivity contribution is 9.10. The van der Waals surface area contributed by atoms with Gasteiger partial charge in [0.15, 0.2) is 0 Å². The number of aromatic nitrogens is 2. The summed E-state index contributed by atoms with van der Waals surface area (Å²) in [5.74, 6) is 1.48. The van der Waals surface area contributed by atoms with E-state index in [2.05, 4.69) is 131 Å². The van der Waals surface area contributed by atoms with Gasteiger partial charge < -0.3 is 9.13 Å². The molecule has 0 atom stereocenters. The maximum absolute atomic E-state index is 3.82. The number of hydrogen-bond acceptors (Lipinski definition) is 2. The van der Waals surface area contributed by atoms with Gasteiger partial charge in [-0.25, -0.2) is 0 Å². The number of thiophene rings is 2. The smallest absolute Gasteiger partial charge is 0.0890 e. The number of fused-ring (bicyclic) bond motifs is 2. The zero-order chi connectivity index (χ0) is 32.2. The Morgan fingerprint density at radius 3 is 1.63 bits per heavy atom. The molecule has 2 fully saturated rings. The second-order valence-corrected chi connectivity index (χ2v) is 16.3. The van der Waals surface area contributed by atoms with Crippen LogP contribution in [0.15, 0.2) is 76.0 Å². The van der Waals surface area contributed by atoms with Gasteiger partial charge in [-0.1, -0.05) is 74.9 Å². The van der Waals surface area contributed by atoms with Crippen LogP contribution in [0.2, 0.25) is 0 Å². The van der Waals surface area contributed by atoms with Crippen LogP contribution in [0.5, 0.6) is 0 Å². The van der Waals surface area contributed by atoms with Gasteiger partial charge in [-0.3, -0.25) is 0 Å². The fourth-order valence-electron chi connectivity index (χ4n) is 7.78. The zero-order valence-corrected chi connectivity index (χ0v) is 31.5. The van der Waals surface area contributed by atoms with Crippen molar-refractivity contribution in [1.82, 2.24) is 9.13 Å². The van der Waals surface area contributed by atoms with Gasteiger partial charge in [0.05, 0.1) is 15.2 Å². The van der Waals surface area contributed by atoms with Crippen molar-refractivity contribution in [2.24, 2.45) is 14.1 Å². The molecule has 2 aliphatic carbocycles. The number of rotatable bonds is 3. The fourth-order valence-corrected chi connectivity index (χ4v) is 9.85. The van der Waals surface area contributed by atoms with E-state index >= 15 is 0 Å². The second kappa shape index (κ2) is 15.1. The van der Waals surface area contributed by atoms with Crippen LogP contribution in [0.25, 0.3) is 32.4 Å². The quantitative estimate of drug-likeness (QED) is 0.173. The summed E-state index contributed by atoms with van der Waals surface area (Å²) in [6.07, 6.45) is 13.8. The van der Waals surface area contributed by atoms with Gasteiger partial charge in [0.25, 0.3) is 0 Å². The first-order chi connectivity index (χ1) is 22.3. The predicted octanol–water partition coefficient (Wildman–Crippen LogP) is 13.6. The summed E-state index contributed by atoms with van der Waals surface area (Å²) in [4.78, 5) is 2.80. The molecule has 8 rings (SSSR count). The molecular formula is C41H49BrN2S2. The van der Waals surface area contributed by atoms with Gasteiger partial charge in [0, 0.05) is 40.8 Å².